The van der Waals surface area contributed by atoms with Crippen LogP contribution in [-0.2, 0) is 0 Å². The van der Waals surface area contributed by atoms with E-state index >= 15 is 0 Å². The van der Waals surface area contributed by atoms with Crippen LogP contribution in [0.25, 0.3) is 21.5 Å². The number of hydrogen-bond acceptors (Lipinski definition) is 0. The fraction of sp³-hybridized carbons (Fsp3) is 0.133. The van der Waals surface area contributed by atoms with Crippen molar-refractivity contribution in [1.29, 1.82) is 0 Å². The van der Waals surface area contributed by atoms with Gasteiger partial charge in [-0.1, -0.05) is 111 Å². The van der Waals surface area contributed by atoms with Crippen molar-refractivity contribution in [2.45, 2.75) is 25.7 Å². The summed E-state index contributed by atoms with van der Waals surface area (Å²) in [4.78, 5) is 0. The summed E-state index contributed by atoms with van der Waals surface area (Å²) in [5.41, 5.74) is 5.58. The molecule has 0 nitrogen and oxygen atoms in total. The third-order valence-corrected chi connectivity index (χ3v) is 6.46. The lowest BCUT2D eigenvalue weighted by molar-refractivity contribution is 0.851. The summed E-state index contributed by atoms with van der Waals surface area (Å²) in [6.45, 7) is 4.68. The molecule has 146 valence electrons. The molecule has 5 aromatic carbocycles. The highest BCUT2D eigenvalue weighted by molar-refractivity contribution is 6.00. The van der Waals surface area contributed by atoms with Gasteiger partial charge in [0.1, 0.15) is 0 Å². The van der Waals surface area contributed by atoms with E-state index in [9.17, 15) is 0 Å². The van der Waals surface area contributed by atoms with Crippen LogP contribution in [0.4, 0.5) is 0 Å². The molecule has 0 radical (unpaired) electrons. The van der Waals surface area contributed by atoms with E-state index in [1.165, 1.54) is 43.8 Å². The summed E-state index contributed by atoms with van der Waals surface area (Å²) < 4.78 is 0. The predicted molar refractivity (Wildman–Crippen MR) is 129 cm³/mol. The minimum Gasteiger partial charge on any atom is -0.0622 e. The average molecular weight is 387 g/mol. The molecule has 0 saturated carbocycles. The predicted octanol–water partition coefficient (Wildman–Crippen LogP) is 8.30. The molecular formula is C30H26. The smallest absolute Gasteiger partial charge is 0.00701 e. The number of hydrogen-bond donors (Lipinski definition) is 0. The first-order valence-corrected chi connectivity index (χ1v) is 10.8. The van der Waals surface area contributed by atoms with Gasteiger partial charge in [0.25, 0.3) is 0 Å². The maximum atomic E-state index is 2.39. The zero-order valence-electron chi connectivity index (χ0n) is 17.5. The van der Waals surface area contributed by atoms with Crippen molar-refractivity contribution in [3.63, 3.8) is 0 Å². The van der Waals surface area contributed by atoms with Gasteiger partial charge in [-0.05, 0) is 55.9 Å². The van der Waals surface area contributed by atoms with E-state index in [1.807, 2.05) is 0 Å². The highest BCUT2D eigenvalue weighted by Gasteiger charge is 2.21. The van der Waals surface area contributed by atoms with E-state index in [-0.39, 0.29) is 0 Å². The van der Waals surface area contributed by atoms with Crippen LogP contribution in [0.15, 0.2) is 109 Å². The van der Waals surface area contributed by atoms with Gasteiger partial charge in [-0.3, -0.25) is 0 Å². The summed E-state index contributed by atoms with van der Waals surface area (Å²) in [6, 6.07) is 39.8. The molecule has 2 unspecified atom stereocenters. The van der Waals surface area contributed by atoms with Gasteiger partial charge in [0.05, 0.1) is 0 Å². The topological polar surface area (TPSA) is 0 Å². The molecule has 5 rings (SSSR count). The summed E-state index contributed by atoms with van der Waals surface area (Å²) in [7, 11) is 0. The second kappa shape index (κ2) is 7.80. The summed E-state index contributed by atoms with van der Waals surface area (Å²) in [5.74, 6) is 0.653. The van der Waals surface area contributed by atoms with E-state index in [0.29, 0.717) is 11.8 Å². The Morgan fingerprint density at radius 3 is 1.63 bits per heavy atom. The van der Waals surface area contributed by atoms with Crippen LogP contribution in [0.2, 0.25) is 0 Å². The second-order valence-corrected chi connectivity index (χ2v) is 8.25. The molecule has 0 aliphatic heterocycles. The average Bonchev–Trinajstić information content (AvgIpc) is 2.82. The van der Waals surface area contributed by atoms with Gasteiger partial charge < -0.3 is 0 Å². The van der Waals surface area contributed by atoms with Crippen LogP contribution in [0.1, 0.15) is 47.9 Å². The maximum Gasteiger partial charge on any atom is 0.00701 e. The van der Waals surface area contributed by atoms with Crippen LogP contribution in [0.5, 0.6) is 0 Å². The molecule has 0 aromatic heterocycles. The second-order valence-electron chi connectivity index (χ2n) is 8.25. The maximum absolute atomic E-state index is 2.39. The van der Waals surface area contributed by atoms with E-state index in [0.717, 1.165) is 0 Å². The Labute approximate surface area is 178 Å². The van der Waals surface area contributed by atoms with Crippen LogP contribution in [0.3, 0.4) is 0 Å². The molecule has 0 amide bonds. The van der Waals surface area contributed by atoms with Crippen LogP contribution >= 0.6 is 0 Å². The molecule has 0 bridgehead atoms. The van der Waals surface area contributed by atoms with Crippen molar-refractivity contribution in [3.05, 3.63) is 131 Å². The molecule has 5 aromatic rings. The van der Waals surface area contributed by atoms with Crippen molar-refractivity contribution in [2.75, 3.05) is 0 Å². The normalized spacial score (nSPS) is 13.4. The SMILES string of the molecule is CC(c1ccccc1)c1ccc2cc3ccccc3cc2c1C(C)c1ccccc1. The zero-order chi connectivity index (χ0) is 20.5. The van der Waals surface area contributed by atoms with Gasteiger partial charge in [0.15, 0.2) is 0 Å². The zero-order valence-corrected chi connectivity index (χ0v) is 17.5. The van der Waals surface area contributed by atoms with Crippen molar-refractivity contribution >= 4 is 21.5 Å². The molecule has 0 fully saturated rings. The van der Waals surface area contributed by atoms with Gasteiger partial charge in [-0.15, -0.1) is 0 Å². The van der Waals surface area contributed by atoms with Crippen molar-refractivity contribution < 1.29 is 0 Å². The van der Waals surface area contributed by atoms with Crippen LogP contribution in [-0.4, -0.2) is 0 Å². The largest absolute Gasteiger partial charge is 0.0622 e. The first-order chi connectivity index (χ1) is 14.7. The highest BCUT2D eigenvalue weighted by atomic mass is 14.2. The lowest BCUT2D eigenvalue weighted by Crippen LogP contribution is -2.06. The van der Waals surface area contributed by atoms with Gasteiger partial charge in [0.2, 0.25) is 0 Å². The first-order valence-electron chi connectivity index (χ1n) is 10.8. The summed E-state index contributed by atoms with van der Waals surface area (Å²) >= 11 is 0. The monoisotopic (exact) mass is 386 g/mol. The van der Waals surface area contributed by atoms with Crippen molar-refractivity contribution in [1.82, 2.24) is 0 Å². The molecular weight excluding hydrogens is 360 g/mol. The van der Waals surface area contributed by atoms with Gasteiger partial charge in [0, 0.05) is 11.8 Å². The number of fused-ring (bicyclic) bond motifs is 2. The Morgan fingerprint density at radius 1 is 0.467 bits per heavy atom. The minimum atomic E-state index is 0.317. The fourth-order valence-electron chi connectivity index (χ4n) is 4.74. The molecule has 0 spiro atoms. The Bertz CT molecular complexity index is 1300. The molecule has 0 aliphatic carbocycles. The van der Waals surface area contributed by atoms with E-state index in [1.54, 1.807) is 0 Å². The Morgan fingerprint density at radius 2 is 1.00 bits per heavy atom. The molecule has 0 heterocycles. The van der Waals surface area contributed by atoms with Gasteiger partial charge >= 0.3 is 0 Å². The Balaban J connectivity index is 1.79. The molecule has 30 heavy (non-hydrogen) atoms. The molecule has 2 atom stereocenters. The van der Waals surface area contributed by atoms with Crippen LogP contribution < -0.4 is 0 Å². The molecule has 0 heteroatoms. The lowest BCUT2D eigenvalue weighted by atomic mass is 9.80. The van der Waals surface area contributed by atoms with Gasteiger partial charge in [-0.25, -0.2) is 0 Å². The quantitative estimate of drug-likeness (QED) is 0.272. The number of benzene rings is 5. The Hall–Kier alpha value is -3.38. The fourth-order valence-corrected chi connectivity index (χ4v) is 4.74. The third-order valence-electron chi connectivity index (χ3n) is 6.46. The van der Waals surface area contributed by atoms with Crippen molar-refractivity contribution in [3.8, 4) is 0 Å². The van der Waals surface area contributed by atoms with Crippen LogP contribution in [0, 0.1) is 0 Å². The van der Waals surface area contributed by atoms with Gasteiger partial charge in [-0.2, -0.15) is 0 Å². The van der Waals surface area contributed by atoms with E-state index in [4.69, 9.17) is 0 Å². The minimum absolute atomic E-state index is 0.317. The summed E-state index contributed by atoms with van der Waals surface area (Å²) in [6.07, 6.45) is 0. The van der Waals surface area contributed by atoms with E-state index < -0.39 is 0 Å². The molecule has 0 aliphatic rings. The van der Waals surface area contributed by atoms with E-state index in [2.05, 4.69) is 123 Å². The third kappa shape index (κ3) is 3.29. The van der Waals surface area contributed by atoms with Crippen molar-refractivity contribution in [2.24, 2.45) is 0 Å². The molecule has 0 N–H and O–H groups in total. The lowest BCUT2D eigenvalue weighted by Gasteiger charge is -2.24. The Kier molecular flexibility index (Phi) is 4.85. The number of rotatable bonds is 4. The first kappa shape index (κ1) is 18.6. The molecule has 0 saturated heterocycles. The highest BCUT2D eigenvalue weighted by Crippen LogP contribution is 2.39. The standard InChI is InChI=1S/C30H26/c1-21(23-11-5-3-6-12-23)28-18-17-27-19-25-15-9-10-16-26(25)20-29(27)30(28)22(2)24-13-7-4-8-14-24/h3-22H,1-2H3. The summed E-state index contributed by atoms with van der Waals surface area (Å²) in [5, 5.41) is 5.28.